The van der Waals surface area contributed by atoms with Crippen LogP contribution in [-0.2, 0) is 9.53 Å². The second kappa shape index (κ2) is 5.62. The second-order valence-corrected chi connectivity index (χ2v) is 5.43. The monoisotopic (exact) mass is 231 g/mol. The van der Waals surface area contributed by atoms with Crippen LogP contribution in [0.3, 0.4) is 0 Å². The van der Waals surface area contributed by atoms with E-state index in [1.54, 1.807) is 0 Å². The highest BCUT2D eigenvalue weighted by molar-refractivity contribution is 5.70. The van der Waals surface area contributed by atoms with Gasteiger partial charge in [-0.25, -0.2) is 4.39 Å². The molecule has 0 saturated carbocycles. The van der Waals surface area contributed by atoms with Gasteiger partial charge in [0.2, 0.25) is 0 Å². The second-order valence-electron chi connectivity index (χ2n) is 5.43. The number of hydrogen-bond acceptors (Lipinski definition) is 3. The Bertz CT molecular complexity index is 238. The van der Waals surface area contributed by atoms with Crippen molar-refractivity contribution >= 4 is 5.97 Å². The van der Waals surface area contributed by atoms with E-state index in [0.29, 0.717) is 18.9 Å². The summed E-state index contributed by atoms with van der Waals surface area (Å²) in [6, 6.07) is 0. The number of likely N-dealkylation sites (tertiary alicyclic amines) is 1. The highest BCUT2D eigenvalue weighted by Crippen LogP contribution is 2.21. The van der Waals surface area contributed by atoms with Crippen molar-refractivity contribution in [1.29, 1.82) is 0 Å². The molecule has 1 fully saturated rings. The first-order valence-electron chi connectivity index (χ1n) is 5.91. The Kier molecular flexibility index (Phi) is 4.71. The molecule has 1 saturated heterocycles. The average molecular weight is 231 g/mol. The van der Waals surface area contributed by atoms with E-state index in [9.17, 15) is 9.18 Å². The van der Waals surface area contributed by atoms with Crippen LogP contribution in [0.4, 0.5) is 4.39 Å². The lowest BCUT2D eigenvalue weighted by molar-refractivity contribution is -0.155. The third-order valence-electron chi connectivity index (χ3n) is 2.65. The van der Waals surface area contributed by atoms with Crippen molar-refractivity contribution in [3.63, 3.8) is 0 Å². The third kappa shape index (κ3) is 4.92. The molecule has 16 heavy (non-hydrogen) atoms. The van der Waals surface area contributed by atoms with E-state index in [4.69, 9.17) is 4.74 Å². The zero-order valence-corrected chi connectivity index (χ0v) is 10.5. The lowest BCUT2D eigenvalue weighted by Crippen LogP contribution is -2.27. The maximum atomic E-state index is 12.1. The maximum Gasteiger partial charge on any atom is 0.306 e. The molecule has 0 aliphatic carbocycles. The normalized spacial score (nSPS) is 22.4. The Morgan fingerprint density at radius 2 is 2.19 bits per heavy atom. The molecule has 0 aromatic carbocycles. The Balaban J connectivity index is 2.26. The van der Waals surface area contributed by atoms with Crippen molar-refractivity contribution < 1.29 is 13.9 Å². The summed E-state index contributed by atoms with van der Waals surface area (Å²) in [5.41, 5.74) is -0.408. The minimum atomic E-state index is -0.408. The van der Waals surface area contributed by atoms with Crippen molar-refractivity contribution in [2.24, 2.45) is 5.92 Å². The number of carbonyl (C=O) groups is 1. The van der Waals surface area contributed by atoms with E-state index >= 15 is 0 Å². The van der Waals surface area contributed by atoms with Crippen LogP contribution in [0.2, 0.25) is 0 Å². The summed E-state index contributed by atoms with van der Waals surface area (Å²) in [5.74, 6) is 0.195. The molecule has 1 atom stereocenters. The van der Waals surface area contributed by atoms with Crippen LogP contribution in [0, 0.1) is 5.92 Å². The Morgan fingerprint density at radius 3 is 2.75 bits per heavy atom. The molecule has 0 N–H and O–H groups in total. The largest absolute Gasteiger partial charge is 0.460 e. The van der Waals surface area contributed by atoms with E-state index < -0.39 is 5.60 Å². The van der Waals surface area contributed by atoms with Gasteiger partial charge in [0.15, 0.2) is 0 Å². The maximum absolute atomic E-state index is 12.1. The first kappa shape index (κ1) is 13.4. The molecule has 3 nitrogen and oxygen atoms in total. The molecule has 0 unspecified atom stereocenters. The van der Waals surface area contributed by atoms with Gasteiger partial charge < -0.3 is 9.64 Å². The molecule has 1 aliphatic heterocycles. The molecule has 1 heterocycles. The summed E-state index contributed by atoms with van der Waals surface area (Å²) in [7, 11) is 0. The molecule has 0 bridgehead atoms. The molecule has 1 rings (SSSR count). The Hall–Kier alpha value is -0.640. The molecule has 0 amide bonds. The average Bonchev–Trinajstić information content (AvgIpc) is 2.49. The topological polar surface area (TPSA) is 29.5 Å². The van der Waals surface area contributed by atoms with Crippen LogP contribution in [0.15, 0.2) is 0 Å². The lowest BCUT2D eigenvalue weighted by Gasteiger charge is -2.20. The fourth-order valence-electron chi connectivity index (χ4n) is 2.02. The van der Waals surface area contributed by atoms with Crippen molar-refractivity contribution in [3.05, 3.63) is 0 Å². The standard InChI is InChI=1S/C12H22FNO2/c1-12(2,3)16-11(15)8-10-4-6-14(9-10)7-5-13/h10H,4-9H2,1-3H3/t10-/m0/s1. The molecule has 0 aromatic rings. The van der Waals surface area contributed by atoms with E-state index in [1.807, 2.05) is 20.8 Å². The zero-order valence-electron chi connectivity index (χ0n) is 10.5. The van der Waals surface area contributed by atoms with Crippen LogP contribution < -0.4 is 0 Å². The van der Waals surface area contributed by atoms with Gasteiger partial charge in [0, 0.05) is 19.5 Å². The molecule has 0 spiro atoms. The zero-order chi connectivity index (χ0) is 12.2. The fourth-order valence-corrected chi connectivity index (χ4v) is 2.02. The van der Waals surface area contributed by atoms with Crippen LogP contribution in [0.25, 0.3) is 0 Å². The van der Waals surface area contributed by atoms with Crippen LogP contribution in [0.1, 0.15) is 33.6 Å². The Labute approximate surface area is 96.9 Å². The number of alkyl halides is 1. The number of halogens is 1. The summed E-state index contributed by atoms with van der Waals surface area (Å²) < 4.78 is 17.4. The minimum Gasteiger partial charge on any atom is -0.460 e. The van der Waals surface area contributed by atoms with E-state index in [-0.39, 0.29) is 12.6 Å². The van der Waals surface area contributed by atoms with Gasteiger partial charge in [-0.05, 0) is 39.7 Å². The van der Waals surface area contributed by atoms with Crippen molar-refractivity contribution in [3.8, 4) is 0 Å². The van der Waals surface area contributed by atoms with Crippen LogP contribution in [-0.4, -0.2) is 42.8 Å². The number of nitrogens with zero attached hydrogens (tertiary/aromatic N) is 1. The summed E-state index contributed by atoms with van der Waals surface area (Å²) in [6.45, 7) is 7.52. The van der Waals surface area contributed by atoms with Gasteiger partial charge in [0.1, 0.15) is 12.3 Å². The van der Waals surface area contributed by atoms with Gasteiger partial charge in [-0.2, -0.15) is 0 Å². The number of ether oxygens (including phenoxy) is 1. The quantitative estimate of drug-likeness (QED) is 0.693. The van der Waals surface area contributed by atoms with Crippen LogP contribution >= 0.6 is 0 Å². The summed E-state index contributed by atoms with van der Waals surface area (Å²) in [4.78, 5) is 13.6. The van der Waals surface area contributed by atoms with Crippen LogP contribution in [0.5, 0.6) is 0 Å². The number of hydrogen-bond donors (Lipinski definition) is 0. The SMILES string of the molecule is CC(C)(C)OC(=O)C[C@@H]1CCN(CCF)C1. The predicted octanol–water partition coefficient (Wildman–Crippen LogP) is 2.01. The minimum absolute atomic E-state index is 0.139. The molecule has 4 heteroatoms. The number of rotatable bonds is 4. The van der Waals surface area contributed by atoms with Gasteiger partial charge in [-0.15, -0.1) is 0 Å². The van der Waals surface area contributed by atoms with Crippen molar-refractivity contribution in [2.75, 3.05) is 26.3 Å². The van der Waals surface area contributed by atoms with Gasteiger partial charge in [-0.1, -0.05) is 0 Å². The molecule has 0 aromatic heterocycles. The van der Waals surface area contributed by atoms with Gasteiger partial charge in [-0.3, -0.25) is 4.79 Å². The summed E-state index contributed by atoms with van der Waals surface area (Å²) in [5, 5.41) is 0. The van der Waals surface area contributed by atoms with Crippen molar-refractivity contribution in [2.45, 2.75) is 39.2 Å². The van der Waals surface area contributed by atoms with E-state index in [1.165, 1.54) is 0 Å². The molecule has 0 radical (unpaired) electrons. The smallest absolute Gasteiger partial charge is 0.306 e. The highest BCUT2D eigenvalue weighted by atomic mass is 19.1. The van der Waals surface area contributed by atoms with Gasteiger partial charge in [0.05, 0.1) is 0 Å². The molecular weight excluding hydrogens is 209 g/mol. The van der Waals surface area contributed by atoms with Gasteiger partial charge in [0.25, 0.3) is 0 Å². The first-order chi connectivity index (χ1) is 7.40. The molecule has 1 aliphatic rings. The molecule has 94 valence electrons. The summed E-state index contributed by atoms with van der Waals surface area (Å²) >= 11 is 0. The number of esters is 1. The van der Waals surface area contributed by atoms with E-state index in [0.717, 1.165) is 19.5 Å². The Morgan fingerprint density at radius 1 is 1.50 bits per heavy atom. The third-order valence-corrected chi connectivity index (χ3v) is 2.65. The first-order valence-corrected chi connectivity index (χ1v) is 5.91. The van der Waals surface area contributed by atoms with Crippen molar-refractivity contribution in [1.82, 2.24) is 4.90 Å². The predicted molar refractivity (Wildman–Crippen MR) is 61.0 cm³/mol. The fraction of sp³-hybridized carbons (Fsp3) is 0.917. The lowest BCUT2D eigenvalue weighted by atomic mass is 10.1. The van der Waals surface area contributed by atoms with E-state index in [2.05, 4.69) is 4.90 Å². The summed E-state index contributed by atoms with van der Waals surface area (Å²) in [6.07, 6.45) is 1.43. The highest BCUT2D eigenvalue weighted by Gasteiger charge is 2.26. The van der Waals surface area contributed by atoms with Gasteiger partial charge >= 0.3 is 5.97 Å². The molecular formula is C12H22FNO2. The number of carbonyl (C=O) groups excluding carboxylic acids is 1.